The zero-order valence-corrected chi connectivity index (χ0v) is 19.4. The Morgan fingerprint density at radius 1 is 1.21 bits per heavy atom. The molecule has 11 heteroatoms. The number of β-lactam (4-membered cyclic amide) rings is 1. The summed E-state index contributed by atoms with van der Waals surface area (Å²) in [7, 11) is 0. The number of nitro groups is 1. The third-order valence-electron chi connectivity index (χ3n) is 5.93. The van der Waals surface area contributed by atoms with E-state index in [-0.39, 0.29) is 18.2 Å². The van der Waals surface area contributed by atoms with Gasteiger partial charge in [0.05, 0.1) is 4.92 Å². The maximum atomic E-state index is 12.9. The summed E-state index contributed by atoms with van der Waals surface area (Å²) in [6.07, 6.45) is 0. The highest BCUT2D eigenvalue weighted by atomic mass is 32.2. The van der Waals surface area contributed by atoms with Crippen LogP contribution in [-0.4, -0.2) is 49.8 Å². The van der Waals surface area contributed by atoms with Crippen LogP contribution < -0.4 is 11.1 Å². The zero-order valence-electron chi connectivity index (χ0n) is 18.5. The van der Waals surface area contributed by atoms with Crippen molar-refractivity contribution in [2.24, 2.45) is 5.73 Å². The molecule has 0 aliphatic carbocycles. The van der Waals surface area contributed by atoms with E-state index in [0.717, 1.165) is 0 Å². The topological polar surface area (TPSA) is 145 Å². The minimum atomic E-state index is -0.912. The number of fused-ring (bicyclic) bond motifs is 1. The third-order valence-corrected chi connectivity index (χ3v) is 7.50. The predicted octanol–water partition coefficient (Wildman–Crippen LogP) is 1.89. The second-order valence-corrected chi connectivity index (χ2v) is 10.4. The molecule has 2 aliphatic heterocycles. The fraction of sp³-hybridized carbons (Fsp3) is 0.348. The molecular weight excluding hydrogens is 460 g/mol. The van der Waals surface area contributed by atoms with E-state index in [4.69, 9.17) is 10.5 Å². The molecule has 4 atom stereocenters. The molecule has 34 heavy (non-hydrogen) atoms. The van der Waals surface area contributed by atoms with Crippen molar-refractivity contribution in [2.45, 2.75) is 48.7 Å². The van der Waals surface area contributed by atoms with Crippen LogP contribution in [0.3, 0.4) is 0 Å². The molecule has 178 valence electrons. The van der Waals surface area contributed by atoms with Crippen LogP contribution in [0.2, 0.25) is 0 Å². The van der Waals surface area contributed by atoms with Gasteiger partial charge in [0.1, 0.15) is 30.1 Å². The van der Waals surface area contributed by atoms with Gasteiger partial charge in [0.25, 0.3) is 5.69 Å². The number of benzene rings is 2. The maximum Gasteiger partial charge on any atom is 0.330 e. The number of rotatable bonds is 7. The summed E-state index contributed by atoms with van der Waals surface area (Å²) in [6, 6.07) is 12.0. The second-order valence-electron chi connectivity index (χ2n) is 8.67. The van der Waals surface area contributed by atoms with Crippen LogP contribution in [0, 0.1) is 10.1 Å². The molecule has 0 aromatic heterocycles. The van der Waals surface area contributed by atoms with Gasteiger partial charge >= 0.3 is 5.97 Å². The number of ether oxygens (including phenoxy) is 1. The highest BCUT2D eigenvalue weighted by molar-refractivity contribution is 8.01. The Hall–Kier alpha value is -3.44. The third kappa shape index (κ3) is 4.36. The van der Waals surface area contributed by atoms with Crippen molar-refractivity contribution in [3.63, 3.8) is 0 Å². The van der Waals surface area contributed by atoms with Crippen molar-refractivity contribution in [1.82, 2.24) is 10.2 Å². The summed E-state index contributed by atoms with van der Waals surface area (Å²) in [5.41, 5.74) is 7.21. The zero-order chi connectivity index (χ0) is 24.6. The smallest absolute Gasteiger partial charge is 0.330 e. The van der Waals surface area contributed by atoms with Gasteiger partial charge in [-0.3, -0.25) is 19.7 Å². The van der Waals surface area contributed by atoms with E-state index in [0.29, 0.717) is 11.1 Å². The van der Waals surface area contributed by atoms with Crippen molar-refractivity contribution >= 4 is 35.2 Å². The van der Waals surface area contributed by atoms with Crippen molar-refractivity contribution in [3.05, 3.63) is 75.8 Å². The van der Waals surface area contributed by atoms with Gasteiger partial charge in [-0.15, -0.1) is 11.8 Å². The average Bonchev–Trinajstić information content (AvgIpc) is 3.08. The summed E-state index contributed by atoms with van der Waals surface area (Å²) in [5, 5.41) is 13.1. The summed E-state index contributed by atoms with van der Waals surface area (Å²) in [6.45, 7) is 3.61. The van der Waals surface area contributed by atoms with E-state index in [9.17, 15) is 24.5 Å². The summed E-state index contributed by atoms with van der Waals surface area (Å²) < 4.78 is 4.79. The molecule has 1 unspecified atom stereocenters. The van der Waals surface area contributed by atoms with Crippen molar-refractivity contribution in [2.75, 3.05) is 0 Å². The Morgan fingerprint density at radius 2 is 1.85 bits per heavy atom. The van der Waals surface area contributed by atoms with Gasteiger partial charge in [0.2, 0.25) is 11.8 Å². The molecule has 3 N–H and O–H groups in total. The molecule has 2 fully saturated rings. The van der Waals surface area contributed by atoms with Gasteiger partial charge in [-0.25, -0.2) is 4.79 Å². The minimum absolute atomic E-state index is 0.0579. The molecule has 0 spiro atoms. The van der Waals surface area contributed by atoms with Gasteiger partial charge in [-0.2, -0.15) is 0 Å². The molecule has 2 aromatic carbocycles. The number of hydrogen-bond donors (Lipinski definition) is 2. The largest absolute Gasteiger partial charge is 0.459 e. The Labute approximate surface area is 200 Å². The number of carbonyl (C=O) groups excluding carboxylic acids is 3. The molecule has 0 bridgehead atoms. The fourth-order valence-corrected chi connectivity index (χ4v) is 5.75. The standard InChI is InChI=1S/C23H24N4O6S/c1-23(2)18(22(30)33-12-13-8-10-15(11-9-13)27(31)32)26-20(29)17(21(26)34-23)25-19(28)16(24)14-6-4-3-5-7-14/h3-11,16-18,21H,12,24H2,1-2H3,(H,25,28)/t16?,17-,18+,21-/m1/s1. The fourth-order valence-electron chi connectivity index (χ4n) is 4.13. The van der Waals surface area contributed by atoms with Gasteiger partial charge in [-0.05, 0) is 37.1 Å². The van der Waals surface area contributed by atoms with Crippen LogP contribution >= 0.6 is 11.8 Å². The van der Waals surface area contributed by atoms with E-state index in [1.54, 1.807) is 24.3 Å². The Morgan fingerprint density at radius 3 is 2.47 bits per heavy atom. The maximum absolute atomic E-state index is 12.9. The normalized spacial score (nSPS) is 23.4. The highest BCUT2D eigenvalue weighted by Gasteiger charge is 2.64. The van der Waals surface area contributed by atoms with Crippen LogP contribution in [0.15, 0.2) is 54.6 Å². The summed E-state index contributed by atoms with van der Waals surface area (Å²) >= 11 is 1.42. The number of esters is 1. The van der Waals surface area contributed by atoms with Crippen molar-refractivity contribution in [3.8, 4) is 0 Å². The minimum Gasteiger partial charge on any atom is -0.459 e. The summed E-state index contributed by atoms with van der Waals surface area (Å²) in [5.74, 6) is -1.40. The van der Waals surface area contributed by atoms with E-state index in [1.165, 1.54) is 40.9 Å². The monoisotopic (exact) mass is 484 g/mol. The second kappa shape index (κ2) is 9.07. The van der Waals surface area contributed by atoms with E-state index < -0.39 is 45.0 Å². The van der Waals surface area contributed by atoms with Gasteiger partial charge in [0.15, 0.2) is 0 Å². The van der Waals surface area contributed by atoms with Crippen LogP contribution in [0.5, 0.6) is 0 Å². The molecule has 4 rings (SSSR count). The van der Waals surface area contributed by atoms with Gasteiger partial charge in [0, 0.05) is 16.9 Å². The Bertz CT molecular complexity index is 1120. The number of nitrogens with two attached hydrogens (primary N) is 1. The molecular formula is C23H24N4O6S. The predicted molar refractivity (Wildman–Crippen MR) is 124 cm³/mol. The first kappa shape index (κ1) is 23.7. The highest BCUT2D eigenvalue weighted by Crippen LogP contribution is 2.51. The lowest BCUT2D eigenvalue weighted by Crippen LogP contribution is -2.71. The molecule has 2 amide bonds. The first-order chi connectivity index (χ1) is 16.1. The van der Waals surface area contributed by atoms with Crippen molar-refractivity contribution < 1.29 is 24.0 Å². The lowest BCUT2D eigenvalue weighted by molar-refractivity contribution is -0.384. The quantitative estimate of drug-likeness (QED) is 0.262. The first-order valence-electron chi connectivity index (χ1n) is 10.6. The summed E-state index contributed by atoms with van der Waals surface area (Å²) in [4.78, 5) is 50.2. The number of nitro benzene ring substituents is 1. The van der Waals surface area contributed by atoms with Crippen LogP contribution in [0.25, 0.3) is 0 Å². The first-order valence-corrected chi connectivity index (χ1v) is 11.5. The van der Waals surface area contributed by atoms with Crippen LogP contribution in [0.1, 0.15) is 31.0 Å². The SMILES string of the molecule is CC1(C)S[C@@H]2[C@H](NC(=O)C(N)c3ccccc3)C(=O)N2[C@H]1C(=O)OCc1ccc([N+](=O)[O-])cc1. The van der Waals surface area contributed by atoms with E-state index in [2.05, 4.69) is 5.32 Å². The van der Waals surface area contributed by atoms with Gasteiger partial charge in [-0.1, -0.05) is 30.3 Å². The van der Waals surface area contributed by atoms with Gasteiger partial charge < -0.3 is 20.7 Å². The Kier molecular flexibility index (Phi) is 6.32. The number of nitrogens with zero attached hydrogens (tertiary/aromatic N) is 2. The molecule has 0 saturated carbocycles. The molecule has 2 saturated heterocycles. The Balaban J connectivity index is 1.39. The number of thioether (sulfide) groups is 1. The number of hydrogen-bond acceptors (Lipinski definition) is 8. The lowest BCUT2D eigenvalue weighted by Gasteiger charge is -2.44. The molecule has 10 nitrogen and oxygen atoms in total. The molecule has 0 radical (unpaired) electrons. The number of carbonyl (C=O) groups is 3. The number of non-ortho nitro benzene ring substituents is 1. The van der Waals surface area contributed by atoms with E-state index >= 15 is 0 Å². The van der Waals surface area contributed by atoms with Crippen molar-refractivity contribution in [1.29, 1.82) is 0 Å². The number of amides is 2. The molecule has 2 aliphatic rings. The molecule has 2 heterocycles. The number of nitrogens with one attached hydrogen (secondary N) is 1. The van der Waals surface area contributed by atoms with E-state index in [1.807, 2.05) is 19.9 Å². The average molecular weight is 485 g/mol. The van der Waals surface area contributed by atoms with Crippen LogP contribution in [-0.2, 0) is 25.7 Å². The van der Waals surface area contributed by atoms with Crippen LogP contribution in [0.4, 0.5) is 5.69 Å². The molecule has 2 aromatic rings. The lowest BCUT2D eigenvalue weighted by atomic mass is 9.95.